The Balaban J connectivity index is 2.01. The van der Waals surface area contributed by atoms with E-state index in [4.69, 9.17) is 21.1 Å². The van der Waals surface area contributed by atoms with Crippen molar-refractivity contribution < 1.29 is 19.1 Å². The highest BCUT2D eigenvalue weighted by molar-refractivity contribution is 6.32. The highest BCUT2D eigenvalue weighted by Crippen LogP contribution is 2.26. The molecule has 6 heteroatoms. The van der Waals surface area contributed by atoms with Crippen LogP contribution in [0.25, 0.3) is 0 Å². The summed E-state index contributed by atoms with van der Waals surface area (Å²) < 4.78 is 10.3. The fraction of sp³-hybridized carbons (Fsp3) is 0.556. The average Bonchev–Trinajstić information content (AvgIpc) is 3.11. The summed E-state index contributed by atoms with van der Waals surface area (Å²) in [5, 5.41) is 0.473. The lowest BCUT2D eigenvalue weighted by molar-refractivity contribution is -0.147. The van der Waals surface area contributed by atoms with Gasteiger partial charge in [-0.05, 0) is 25.0 Å². The molecule has 1 aliphatic carbocycles. The van der Waals surface area contributed by atoms with Crippen molar-refractivity contribution in [3.05, 3.63) is 29.3 Å². The summed E-state index contributed by atoms with van der Waals surface area (Å²) in [5.74, 6) is -0.310. The average molecular weight is 354 g/mol. The zero-order valence-corrected chi connectivity index (χ0v) is 14.9. The minimum atomic E-state index is -0.361. The molecule has 132 valence electrons. The lowest BCUT2D eigenvalue weighted by atomic mass is 10.1. The number of hydrogen-bond acceptors (Lipinski definition) is 4. The van der Waals surface area contributed by atoms with Gasteiger partial charge >= 0.3 is 5.97 Å². The number of ether oxygens (including phenoxy) is 2. The van der Waals surface area contributed by atoms with Crippen LogP contribution in [0.2, 0.25) is 5.02 Å². The van der Waals surface area contributed by atoms with E-state index in [1.54, 1.807) is 36.1 Å². The van der Waals surface area contributed by atoms with Crippen LogP contribution in [0.5, 0.6) is 5.75 Å². The molecule has 0 N–H and O–H groups in total. The van der Waals surface area contributed by atoms with Crippen molar-refractivity contribution in [3.63, 3.8) is 0 Å². The Morgan fingerprint density at radius 2 is 1.96 bits per heavy atom. The number of halogens is 1. The maximum absolute atomic E-state index is 12.7. The quantitative estimate of drug-likeness (QED) is 0.706. The molecule has 0 heterocycles. The first-order chi connectivity index (χ1) is 11.5. The predicted octanol–water partition coefficient (Wildman–Crippen LogP) is 3.30. The molecule has 1 aromatic rings. The number of amides is 1. The normalized spacial score (nSPS) is 15.8. The molecular weight excluding hydrogens is 330 g/mol. The molecule has 5 nitrogen and oxygen atoms in total. The van der Waals surface area contributed by atoms with Gasteiger partial charge in [0.15, 0.2) is 6.61 Å². The lowest BCUT2D eigenvalue weighted by Crippen LogP contribution is -2.45. The second kappa shape index (κ2) is 8.92. The topological polar surface area (TPSA) is 55.8 Å². The summed E-state index contributed by atoms with van der Waals surface area (Å²) in [6.07, 6.45) is 4.14. The van der Waals surface area contributed by atoms with E-state index in [2.05, 4.69) is 0 Å². The Morgan fingerprint density at radius 3 is 2.58 bits per heavy atom. The van der Waals surface area contributed by atoms with Crippen molar-refractivity contribution in [2.75, 3.05) is 20.3 Å². The van der Waals surface area contributed by atoms with E-state index in [1.807, 2.05) is 0 Å². The van der Waals surface area contributed by atoms with Gasteiger partial charge in [-0.3, -0.25) is 9.59 Å². The number of nitrogens with zero attached hydrogens (tertiary/aromatic N) is 1. The number of rotatable bonds is 7. The van der Waals surface area contributed by atoms with Gasteiger partial charge in [0.25, 0.3) is 5.91 Å². The number of carbonyl (C=O) groups is 2. The van der Waals surface area contributed by atoms with Gasteiger partial charge < -0.3 is 14.4 Å². The number of benzene rings is 1. The van der Waals surface area contributed by atoms with Crippen molar-refractivity contribution in [2.45, 2.75) is 38.6 Å². The number of hydrogen-bond donors (Lipinski definition) is 0. The van der Waals surface area contributed by atoms with E-state index in [0.29, 0.717) is 17.3 Å². The van der Waals surface area contributed by atoms with Crippen molar-refractivity contribution in [1.82, 2.24) is 4.90 Å². The minimum absolute atomic E-state index is 0.0892. The molecule has 1 aromatic carbocycles. The van der Waals surface area contributed by atoms with Gasteiger partial charge in [0.1, 0.15) is 5.75 Å². The molecule has 0 aliphatic heterocycles. The third kappa shape index (κ3) is 4.87. The molecule has 0 aromatic heterocycles. The van der Waals surface area contributed by atoms with Crippen LogP contribution in [0.4, 0.5) is 0 Å². The molecule has 1 unspecified atom stereocenters. The molecule has 1 amide bonds. The van der Waals surface area contributed by atoms with Gasteiger partial charge in [0, 0.05) is 12.6 Å². The van der Waals surface area contributed by atoms with E-state index in [1.165, 1.54) is 7.11 Å². The standard InChI is InChI=1S/C18H24ClNO4/c1-13(18(22)23-2)11-20(14-7-3-4-8-14)17(21)12-24-16-10-6-5-9-15(16)19/h5-6,9-10,13-14H,3-4,7-8,11-12H2,1-2H3. The highest BCUT2D eigenvalue weighted by Gasteiger charge is 2.30. The van der Waals surface area contributed by atoms with Crippen molar-refractivity contribution in [1.29, 1.82) is 0 Å². The second-order valence-electron chi connectivity index (χ2n) is 6.13. The summed E-state index contributed by atoms with van der Waals surface area (Å²) >= 11 is 6.05. The van der Waals surface area contributed by atoms with E-state index in [9.17, 15) is 9.59 Å². The first kappa shape index (κ1) is 18.6. The maximum atomic E-state index is 12.7. The molecule has 1 saturated carbocycles. The molecule has 1 fully saturated rings. The maximum Gasteiger partial charge on any atom is 0.310 e. The van der Waals surface area contributed by atoms with Crippen LogP contribution in [0, 0.1) is 5.92 Å². The van der Waals surface area contributed by atoms with Gasteiger partial charge in [-0.1, -0.05) is 43.5 Å². The first-order valence-electron chi connectivity index (χ1n) is 8.27. The Bertz CT molecular complexity index is 572. The zero-order valence-electron chi connectivity index (χ0n) is 14.2. The fourth-order valence-electron chi connectivity index (χ4n) is 3.03. The summed E-state index contributed by atoms with van der Waals surface area (Å²) in [7, 11) is 1.36. The smallest absolute Gasteiger partial charge is 0.310 e. The lowest BCUT2D eigenvalue weighted by Gasteiger charge is -2.30. The molecular formula is C18H24ClNO4. The van der Waals surface area contributed by atoms with Gasteiger partial charge in [0.2, 0.25) is 0 Å². The molecule has 2 rings (SSSR count). The molecule has 0 saturated heterocycles. The van der Waals surface area contributed by atoms with E-state index in [-0.39, 0.29) is 30.4 Å². The van der Waals surface area contributed by atoms with Gasteiger partial charge in [-0.15, -0.1) is 0 Å². The Kier molecular flexibility index (Phi) is 6.91. The zero-order chi connectivity index (χ0) is 17.5. The third-order valence-corrected chi connectivity index (χ3v) is 4.66. The van der Waals surface area contributed by atoms with Crippen molar-refractivity contribution in [3.8, 4) is 5.75 Å². The van der Waals surface area contributed by atoms with E-state index < -0.39 is 0 Å². The first-order valence-corrected chi connectivity index (χ1v) is 8.65. The Labute approximate surface area is 147 Å². The van der Waals surface area contributed by atoms with Crippen LogP contribution in [-0.2, 0) is 14.3 Å². The number of methoxy groups -OCH3 is 1. The van der Waals surface area contributed by atoms with Crippen molar-refractivity contribution in [2.24, 2.45) is 5.92 Å². The molecule has 1 aliphatic rings. The number of para-hydroxylation sites is 1. The number of esters is 1. The van der Waals surface area contributed by atoms with Gasteiger partial charge in [0.05, 0.1) is 18.1 Å². The molecule has 0 radical (unpaired) electrons. The summed E-state index contributed by atoms with van der Waals surface area (Å²) in [6.45, 7) is 2.03. The van der Waals surface area contributed by atoms with Gasteiger partial charge in [-0.25, -0.2) is 0 Å². The van der Waals surface area contributed by atoms with Crippen molar-refractivity contribution >= 4 is 23.5 Å². The van der Waals surface area contributed by atoms with Crippen LogP contribution in [0.15, 0.2) is 24.3 Å². The Hall–Kier alpha value is -1.75. The van der Waals surface area contributed by atoms with Gasteiger partial charge in [-0.2, -0.15) is 0 Å². The molecule has 0 bridgehead atoms. The monoisotopic (exact) mass is 353 g/mol. The molecule has 1 atom stereocenters. The van der Waals surface area contributed by atoms with E-state index >= 15 is 0 Å². The third-order valence-electron chi connectivity index (χ3n) is 4.35. The van der Waals surface area contributed by atoms with Crippen LogP contribution in [0.1, 0.15) is 32.6 Å². The van der Waals surface area contributed by atoms with Crippen LogP contribution < -0.4 is 4.74 Å². The summed E-state index contributed by atoms with van der Waals surface area (Å²) in [6, 6.07) is 7.22. The largest absolute Gasteiger partial charge is 0.482 e. The second-order valence-corrected chi connectivity index (χ2v) is 6.53. The molecule has 0 spiro atoms. The van der Waals surface area contributed by atoms with E-state index in [0.717, 1.165) is 25.7 Å². The summed E-state index contributed by atoms with van der Waals surface area (Å²) in [5.41, 5.74) is 0. The molecule has 24 heavy (non-hydrogen) atoms. The highest BCUT2D eigenvalue weighted by atomic mass is 35.5. The van der Waals surface area contributed by atoms with Crippen LogP contribution in [0.3, 0.4) is 0 Å². The van der Waals surface area contributed by atoms with Crippen LogP contribution in [-0.4, -0.2) is 43.1 Å². The number of carbonyl (C=O) groups excluding carboxylic acids is 2. The summed E-state index contributed by atoms with van der Waals surface area (Å²) in [4.78, 5) is 26.1. The van der Waals surface area contributed by atoms with Crippen LogP contribution >= 0.6 is 11.6 Å². The minimum Gasteiger partial charge on any atom is -0.482 e. The SMILES string of the molecule is COC(=O)C(C)CN(C(=O)COc1ccccc1Cl)C1CCCC1. The fourth-order valence-corrected chi connectivity index (χ4v) is 3.22. The Morgan fingerprint density at radius 1 is 1.29 bits per heavy atom. The predicted molar refractivity (Wildman–Crippen MR) is 92.1 cm³/mol.